The van der Waals surface area contributed by atoms with E-state index in [9.17, 15) is 9.59 Å². The molecule has 0 spiro atoms. The summed E-state index contributed by atoms with van der Waals surface area (Å²) >= 11 is 0. The summed E-state index contributed by atoms with van der Waals surface area (Å²) in [6, 6.07) is 1.98. The smallest absolute Gasteiger partial charge is 0.273 e. The van der Waals surface area contributed by atoms with Gasteiger partial charge in [-0.3, -0.25) is 9.59 Å². The normalized spacial score (nSPS) is 27.4. The van der Waals surface area contributed by atoms with Gasteiger partial charge in [0.1, 0.15) is 5.76 Å². The van der Waals surface area contributed by atoms with Gasteiger partial charge in [-0.15, -0.1) is 0 Å². The van der Waals surface area contributed by atoms with Crippen LogP contribution in [0, 0.1) is 11.8 Å². The number of carbonyl (C=O) groups excluding carboxylic acids is 2. The van der Waals surface area contributed by atoms with Crippen LogP contribution in [0.3, 0.4) is 0 Å². The molecule has 7 heteroatoms. The fraction of sp³-hybridized carbons (Fsp3) is 0.762. The first-order valence-corrected chi connectivity index (χ1v) is 10.8. The van der Waals surface area contributed by atoms with Gasteiger partial charge in [0.15, 0.2) is 5.69 Å². The van der Waals surface area contributed by atoms with Crippen molar-refractivity contribution in [2.45, 2.75) is 70.4 Å². The van der Waals surface area contributed by atoms with E-state index in [2.05, 4.69) is 29.6 Å². The topological polar surface area (TPSA) is 87.5 Å². The van der Waals surface area contributed by atoms with E-state index >= 15 is 0 Å². The molecule has 3 aliphatic rings. The van der Waals surface area contributed by atoms with Crippen LogP contribution in [0.2, 0.25) is 0 Å². The highest BCUT2D eigenvalue weighted by Crippen LogP contribution is 2.40. The van der Waals surface area contributed by atoms with Crippen LogP contribution in [0.1, 0.15) is 74.5 Å². The third kappa shape index (κ3) is 4.24. The van der Waals surface area contributed by atoms with Crippen molar-refractivity contribution in [2.75, 3.05) is 19.6 Å². The van der Waals surface area contributed by atoms with E-state index in [0.717, 1.165) is 57.4 Å². The van der Waals surface area contributed by atoms with E-state index in [1.165, 1.54) is 0 Å². The number of amides is 2. The third-order valence-corrected chi connectivity index (χ3v) is 6.72. The Kier molecular flexibility index (Phi) is 5.71. The fourth-order valence-corrected chi connectivity index (χ4v) is 4.65. The lowest BCUT2D eigenvalue weighted by Crippen LogP contribution is -2.53. The van der Waals surface area contributed by atoms with Crippen molar-refractivity contribution in [3.05, 3.63) is 17.5 Å². The van der Waals surface area contributed by atoms with Gasteiger partial charge in [0, 0.05) is 36.5 Å². The minimum Gasteiger partial charge on any atom is -0.360 e. The molecule has 0 aromatic carbocycles. The monoisotopic (exact) mass is 388 g/mol. The van der Waals surface area contributed by atoms with Crippen LogP contribution in [0.15, 0.2) is 10.6 Å². The molecule has 2 saturated heterocycles. The summed E-state index contributed by atoms with van der Waals surface area (Å²) in [7, 11) is 0. The van der Waals surface area contributed by atoms with Gasteiger partial charge in [0.25, 0.3) is 5.91 Å². The molecule has 2 N–H and O–H groups in total. The second kappa shape index (κ2) is 8.23. The van der Waals surface area contributed by atoms with Crippen molar-refractivity contribution >= 4 is 11.8 Å². The Morgan fingerprint density at radius 1 is 1.25 bits per heavy atom. The van der Waals surface area contributed by atoms with Gasteiger partial charge in [-0.1, -0.05) is 12.1 Å². The minimum absolute atomic E-state index is 0.0711. The van der Waals surface area contributed by atoms with Crippen molar-refractivity contribution in [2.24, 2.45) is 11.8 Å². The Balaban J connectivity index is 1.29. The minimum atomic E-state index is -0.171. The van der Waals surface area contributed by atoms with Crippen molar-refractivity contribution in [3.8, 4) is 0 Å². The highest BCUT2D eigenvalue weighted by Gasteiger charge is 2.35. The van der Waals surface area contributed by atoms with E-state index in [0.29, 0.717) is 24.1 Å². The number of piperidine rings is 2. The lowest BCUT2D eigenvalue weighted by molar-refractivity contribution is -0.140. The predicted molar refractivity (Wildman–Crippen MR) is 105 cm³/mol. The zero-order valence-electron chi connectivity index (χ0n) is 16.9. The van der Waals surface area contributed by atoms with E-state index in [1.807, 2.05) is 4.90 Å². The van der Waals surface area contributed by atoms with Gasteiger partial charge in [0.05, 0.1) is 0 Å². The lowest BCUT2D eigenvalue weighted by atomic mass is 9.84. The summed E-state index contributed by atoms with van der Waals surface area (Å²) in [6.07, 6.45) is 5.96. The molecular formula is C21H32N4O3. The Labute approximate surface area is 166 Å². The molecule has 0 radical (unpaired) electrons. The first-order valence-electron chi connectivity index (χ1n) is 10.8. The van der Waals surface area contributed by atoms with Crippen LogP contribution in [0.5, 0.6) is 0 Å². The number of hydrogen-bond acceptors (Lipinski definition) is 5. The summed E-state index contributed by atoms with van der Waals surface area (Å²) in [5, 5.41) is 10.4. The van der Waals surface area contributed by atoms with Crippen molar-refractivity contribution in [1.82, 2.24) is 20.7 Å². The van der Waals surface area contributed by atoms with Gasteiger partial charge < -0.3 is 20.1 Å². The molecule has 1 aliphatic carbocycles. The molecule has 1 saturated carbocycles. The number of carbonyl (C=O) groups is 2. The molecule has 2 amide bonds. The Hall–Kier alpha value is -1.89. The first-order chi connectivity index (χ1) is 13.5. The molecule has 0 bridgehead atoms. The molecule has 4 rings (SSSR count). The summed E-state index contributed by atoms with van der Waals surface area (Å²) in [4.78, 5) is 27.5. The Morgan fingerprint density at radius 2 is 2.00 bits per heavy atom. The number of nitrogens with zero attached hydrogens (tertiary/aromatic N) is 2. The molecule has 3 atom stereocenters. The van der Waals surface area contributed by atoms with E-state index in [4.69, 9.17) is 4.52 Å². The largest absolute Gasteiger partial charge is 0.360 e. The Morgan fingerprint density at radius 3 is 2.68 bits per heavy atom. The lowest BCUT2D eigenvalue weighted by Gasteiger charge is -2.40. The van der Waals surface area contributed by atoms with Crippen LogP contribution in [-0.2, 0) is 4.79 Å². The van der Waals surface area contributed by atoms with Crippen LogP contribution in [-0.4, -0.2) is 53.6 Å². The maximum atomic E-state index is 13.0. The molecule has 3 heterocycles. The second-order valence-electron chi connectivity index (χ2n) is 8.84. The van der Waals surface area contributed by atoms with E-state index in [-0.39, 0.29) is 29.8 Å². The highest BCUT2D eigenvalue weighted by molar-refractivity contribution is 5.92. The molecule has 0 unspecified atom stereocenters. The fourth-order valence-electron chi connectivity index (χ4n) is 4.65. The number of aromatic nitrogens is 1. The van der Waals surface area contributed by atoms with Crippen molar-refractivity contribution < 1.29 is 14.1 Å². The maximum Gasteiger partial charge on any atom is 0.273 e. The van der Waals surface area contributed by atoms with Gasteiger partial charge in [-0.25, -0.2) is 0 Å². The average molecular weight is 389 g/mol. The third-order valence-electron chi connectivity index (χ3n) is 6.72. The van der Waals surface area contributed by atoms with Crippen molar-refractivity contribution in [3.63, 3.8) is 0 Å². The molecule has 1 aromatic heterocycles. The summed E-state index contributed by atoms with van der Waals surface area (Å²) in [5.41, 5.74) is 0.368. The van der Waals surface area contributed by atoms with Gasteiger partial charge in [0.2, 0.25) is 5.91 Å². The number of hydrogen-bond donors (Lipinski definition) is 2. The summed E-state index contributed by atoms with van der Waals surface area (Å²) in [6.45, 7) is 6.90. The zero-order valence-corrected chi connectivity index (χ0v) is 16.9. The number of nitrogens with one attached hydrogen (secondary N) is 2. The molecule has 1 aromatic rings. The zero-order chi connectivity index (χ0) is 19.7. The molecule has 7 nitrogen and oxygen atoms in total. The molecule has 3 fully saturated rings. The summed E-state index contributed by atoms with van der Waals surface area (Å²) < 4.78 is 5.28. The average Bonchev–Trinajstić information content (AvgIpc) is 3.44. The summed E-state index contributed by atoms with van der Waals surface area (Å²) in [5.74, 6) is 1.93. The standard InChI is InChI=1S/C21H32N4O3/c1-13-11-17(23-20(26)18-12-19(28-24-18)16-3-4-16)7-10-25(13)21(27)14(2)15-5-8-22-9-6-15/h12-17,22H,3-11H2,1-2H3,(H,23,26)/t13-,14-,17-/m1/s1. The van der Waals surface area contributed by atoms with Crippen molar-refractivity contribution in [1.29, 1.82) is 0 Å². The Bertz CT molecular complexity index is 708. The molecule has 154 valence electrons. The van der Waals surface area contributed by atoms with Gasteiger partial charge in [-0.2, -0.15) is 0 Å². The highest BCUT2D eigenvalue weighted by atomic mass is 16.5. The molecule has 2 aliphatic heterocycles. The van der Waals surface area contributed by atoms with Gasteiger partial charge >= 0.3 is 0 Å². The van der Waals surface area contributed by atoms with E-state index in [1.54, 1.807) is 6.07 Å². The van der Waals surface area contributed by atoms with E-state index < -0.39 is 0 Å². The van der Waals surface area contributed by atoms with Crippen LogP contribution in [0.4, 0.5) is 0 Å². The van der Waals surface area contributed by atoms with Crippen LogP contribution < -0.4 is 10.6 Å². The number of rotatable bonds is 5. The SMILES string of the molecule is C[C@@H]1C[C@H](NC(=O)c2cc(C3CC3)on2)CCN1C(=O)[C@H](C)C1CCNCC1. The van der Waals surface area contributed by atoms with Crippen LogP contribution >= 0.6 is 0 Å². The predicted octanol–water partition coefficient (Wildman–Crippen LogP) is 2.30. The first kappa shape index (κ1) is 19.4. The quantitative estimate of drug-likeness (QED) is 0.808. The van der Waals surface area contributed by atoms with Gasteiger partial charge in [-0.05, 0) is 64.5 Å². The number of likely N-dealkylation sites (tertiary alicyclic amines) is 1. The van der Waals surface area contributed by atoms with Crippen LogP contribution in [0.25, 0.3) is 0 Å². The maximum absolute atomic E-state index is 13.0. The molecule has 28 heavy (non-hydrogen) atoms. The molecular weight excluding hydrogens is 356 g/mol. The second-order valence-corrected chi connectivity index (χ2v) is 8.84.